The first-order chi connectivity index (χ1) is 10.1. The topological polar surface area (TPSA) is 67.6 Å². The molecular formula is C17H22N4. The molecule has 1 aliphatic carbocycles. The fourth-order valence-electron chi connectivity index (χ4n) is 3.77. The van der Waals surface area contributed by atoms with Gasteiger partial charge < -0.3 is 10.3 Å². The Balaban J connectivity index is 2.13. The molecular weight excluding hydrogens is 260 g/mol. The van der Waals surface area contributed by atoms with Crippen molar-refractivity contribution in [2.45, 2.75) is 45.6 Å². The molecule has 0 saturated heterocycles. The van der Waals surface area contributed by atoms with Crippen LogP contribution in [0, 0.1) is 23.2 Å². The van der Waals surface area contributed by atoms with Crippen LogP contribution >= 0.6 is 0 Å². The van der Waals surface area contributed by atoms with Crippen LogP contribution in [-0.2, 0) is 0 Å². The SMILES string of the molecule is CC(C)C1CCCCC1n1c(N)nc2ccc(C#N)cc21. The maximum Gasteiger partial charge on any atom is 0.201 e. The zero-order chi connectivity index (χ0) is 15.0. The van der Waals surface area contributed by atoms with Gasteiger partial charge >= 0.3 is 0 Å². The molecule has 2 N–H and O–H groups in total. The summed E-state index contributed by atoms with van der Waals surface area (Å²) in [7, 11) is 0. The van der Waals surface area contributed by atoms with E-state index in [1.54, 1.807) is 6.07 Å². The number of benzene rings is 1. The van der Waals surface area contributed by atoms with Gasteiger partial charge in [0, 0.05) is 6.04 Å². The van der Waals surface area contributed by atoms with Crippen molar-refractivity contribution in [2.24, 2.45) is 11.8 Å². The van der Waals surface area contributed by atoms with Gasteiger partial charge in [-0.25, -0.2) is 4.98 Å². The fourth-order valence-corrected chi connectivity index (χ4v) is 3.77. The third-order valence-corrected chi connectivity index (χ3v) is 4.82. The lowest BCUT2D eigenvalue weighted by Crippen LogP contribution is -2.27. The normalized spacial score (nSPS) is 22.6. The molecule has 0 spiro atoms. The number of nitriles is 1. The highest BCUT2D eigenvalue weighted by atomic mass is 15.2. The predicted octanol–water partition coefficient (Wildman–Crippen LogP) is 3.88. The molecule has 2 unspecified atom stereocenters. The van der Waals surface area contributed by atoms with Crippen molar-refractivity contribution < 1.29 is 0 Å². The molecule has 3 rings (SSSR count). The third-order valence-electron chi connectivity index (χ3n) is 4.82. The number of nitrogens with zero attached hydrogens (tertiary/aromatic N) is 3. The summed E-state index contributed by atoms with van der Waals surface area (Å²) in [6.07, 6.45) is 4.94. The first kappa shape index (κ1) is 13.9. The van der Waals surface area contributed by atoms with Crippen LogP contribution in [0.5, 0.6) is 0 Å². The van der Waals surface area contributed by atoms with Crippen LogP contribution < -0.4 is 5.73 Å². The Bertz CT molecular complexity index is 693. The van der Waals surface area contributed by atoms with Crippen molar-refractivity contribution in [3.8, 4) is 6.07 Å². The Morgan fingerprint density at radius 2 is 2.10 bits per heavy atom. The zero-order valence-electron chi connectivity index (χ0n) is 12.7. The fraction of sp³-hybridized carbons (Fsp3) is 0.529. The lowest BCUT2D eigenvalue weighted by atomic mass is 9.77. The molecule has 4 heteroatoms. The highest BCUT2D eigenvalue weighted by molar-refractivity contribution is 5.80. The van der Waals surface area contributed by atoms with Gasteiger partial charge in [-0.3, -0.25) is 0 Å². The molecule has 1 aromatic carbocycles. The molecule has 110 valence electrons. The number of nitrogens with two attached hydrogens (primary N) is 1. The highest BCUT2D eigenvalue weighted by Crippen LogP contribution is 2.41. The minimum absolute atomic E-state index is 0.401. The van der Waals surface area contributed by atoms with E-state index in [0.29, 0.717) is 29.4 Å². The first-order valence-corrected chi connectivity index (χ1v) is 7.79. The Kier molecular flexibility index (Phi) is 3.59. The van der Waals surface area contributed by atoms with Crippen LogP contribution in [0.4, 0.5) is 5.95 Å². The molecule has 1 saturated carbocycles. The van der Waals surface area contributed by atoms with Gasteiger partial charge in [0.25, 0.3) is 0 Å². The van der Waals surface area contributed by atoms with Gasteiger partial charge in [0.15, 0.2) is 0 Å². The van der Waals surface area contributed by atoms with Crippen molar-refractivity contribution in [2.75, 3.05) is 5.73 Å². The molecule has 1 aliphatic rings. The van der Waals surface area contributed by atoms with Crippen LogP contribution in [0.2, 0.25) is 0 Å². The summed E-state index contributed by atoms with van der Waals surface area (Å²) in [5, 5.41) is 9.13. The van der Waals surface area contributed by atoms with E-state index in [1.165, 1.54) is 19.3 Å². The van der Waals surface area contributed by atoms with Crippen LogP contribution in [0.25, 0.3) is 11.0 Å². The van der Waals surface area contributed by atoms with Gasteiger partial charge in [-0.05, 0) is 42.9 Å². The Hall–Kier alpha value is -2.02. The lowest BCUT2D eigenvalue weighted by Gasteiger charge is -2.36. The molecule has 0 aliphatic heterocycles. The molecule has 0 radical (unpaired) electrons. The first-order valence-electron chi connectivity index (χ1n) is 7.79. The number of aromatic nitrogens is 2. The summed E-state index contributed by atoms with van der Waals surface area (Å²) >= 11 is 0. The summed E-state index contributed by atoms with van der Waals surface area (Å²) in [4.78, 5) is 4.49. The number of anilines is 1. The zero-order valence-corrected chi connectivity index (χ0v) is 12.7. The maximum atomic E-state index is 9.13. The van der Waals surface area contributed by atoms with Gasteiger partial charge in [-0.15, -0.1) is 0 Å². The quantitative estimate of drug-likeness (QED) is 0.909. The second-order valence-electron chi connectivity index (χ2n) is 6.41. The van der Waals surface area contributed by atoms with E-state index in [0.717, 1.165) is 17.5 Å². The molecule has 2 atom stereocenters. The number of fused-ring (bicyclic) bond motifs is 1. The summed E-state index contributed by atoms with van der Waals surface area (Å²) in [6, 6.07) is 8.23. The van der Waals surface area contributed by atoms with Crippen molar-refractivity contribution in [1.29, 1.82) is 5.26 Å². The van der Waals surface area contributed by atoms with Crippen LogP contribution in [0.3, 0.4) is 0 Å². The summed E-state index contributed by atoms with van der Waals surface area (Å²) in [6.45, 7) is 4.58. The van der Waals surface area contributed by atoms with Gasteiger partial charge in [0.05, 0.1) is 22.7 Å². The molecule has 4 nitrogen and oxygen atoms in total. The van der Waals surface area contributed by atoms with E-state index >= 15 is 0 Å². The minimum Gasteiger partial charge on any atom is -0.369 e. The second-order valence-corrected chi connectivity index (χ2v) is 6.41. The lowest BCUT2D eigenvalue weighted by molar-refractivity contribution is 0.189. The van der Waals surface area contributed by atoms with Crippen molar-refractivity contribution in [3.05, 3.63) is 23.8 Å². The average molecular weight is 282 g/mol. The Labute approximate surface area is 125 Å². The average Bonchev–Trinajstić information content (AvgIpc) is 2.81. The predicted molar refractivity (Wildman–Crippen MR) is 84.7 cm³/mol. The van der Waals surface area contributed by atoms with Gasteiger partial charge in [0.1, 0.15) is 0 Å². The van der Waals surface area contributed by atoms with E-state index in [2.05, 4.69) is 29.5 Å². The standard InChI is InChI=1S/C17H22N4/c1-11(2)13-5-3-4-6-15(13)21-16-9-12(10-18)7-8-14(16)20-17(21)19/h7-9,11,13,15H,3-6H2,1-2H3,(H2,19,20). The molecule has 1 fully saturated rings. The number of hydrogen-bond donors (Lipinski definition) is 1. The van der Waals surface area contributed by atoms with Gasteiger partial charge in [-0.1, -0.05) is 26.7 Å². The van der Waals surface area contributed by atoms with E-state index in [4.69, 9.17) is 11.0 Å². The van der Waals surface area contributed by atoms with E-state index in [9.17, 15) is 0 Å². The van der Waals surface area contributed by atoms with Crippen LogP contribution in [0.15, 0.2) is 18.2 Å². The Morgan fingerprint density at radius 3 is 2.81 bits per heavy atom. The largest absolute Gasteiger partial charge is 0.369 e. The summed E-state index contributed by atoms with van der Waals surface area (Å²) < 4.78 is 2.18. The van der Waals surface area contributed by atoms with Crippen LogP contribution in [-0.4, -0.2) is 9.55 Å². The summed E-state index contributed by atoms with van der Waals surface area (Å²) in [5.74, 6) is 1.84. The maximum absolute atomic E-state index is 9.13. The number of nitrogen functional groups attached to an aromatic ring is 1. The monoisotopic (exact) mass is 282 g/mol. The van der Waals surface area contributed by atoms with E-state index in [-0.39, 0.29) is 0 Å². The second kappa shape index (κ2) is 5.40. The molecule has 1 aromatic heterocycles. The summed E-state index contributed by atoms with van der Waals surface area (Å²) in [5.41, 5.74) is 8.77. The van der Waals surface area contributed by atoms with E-state index in [1.807, 2.05) is 12.1 Å². The molecule has 1 heterocycles. The smallest absolute Gasteiger partial charge is 0.201 e. The number of hydrogen-bond acceptors (Lipinski definition) is 3. The Morgan fingerprint density at radius 1 is 1.33 bits per heavy atom. The van der Waals surface area contributed by atoms with Gasteiger partial charge in [0.2, 0.25) is 5.95 Å². The van der Waals surface area contributed by atoms with Crippen molar-refractivity contribution >= 4 is 17.0 Å². The molecule has 21 heavy (non-hydrogen) atoms. The van der Waals surface area contributed by atoms with Gasteiger partial charge in [-0.2, -0.15) is 5.26 Å². The molecule has 0 amide bonds. The highest BCUT2D eigenvalue weighted by Gasteiger charge is 2.31. The van der Waals surface area contributed by atoms with Crippen LogP contribution in [0.1, 0.15) is 51.1 Å². The number of imidazole rings is 1. The minimum atomic E-state index is 0.401. The third kappa shape index (κ3) is 2.37. The van der Waals surface area contributed by atoms with Crippen molar-refractivity contribution in [1.82, 2.24) is 9.55 Å². The molecule has 0 bridgehead atoms. The molecule has 2 aromatic rings. The van der Waals surface area contributed by atoms with E-state index < -0.39 is 0 Å². The van der Waals surface area contributed by atoms with Crippen molar-refractivity contribution in [3.63, 3.8) is 0 Å². The number of rotatable bonds is 2.